The Morgan fingerprint density at radius 3 is 2.62 bits per heavy atom. The Kier molecular flexibility index (Phi) is 4.91. The van der Waals surface area contributed by atoms with E-state index in [-0.39, 0.29) is 0 Å². The summed E-state index contributed by atoms with van der Waals surface area (Å²) in [5, 5.41) is 9.49. The molecule has 0 bridgehead atoms. The quantitative estimate of drug-likeness (QED) is 0.559. The van der Waals surface area contributed by atoms with Crippen LogP contribution in [0.5, 0.6) is 11.5 Å². The minimum atomic E-state index is 0.585. The van der Waals surface area contributed by atoms with Gasteiger partial charge in [0.15, 0.2) is 16.7 Å². The maximum atomic E-state index is 5.69. The molecule has 0 saturated heterocycles. The SMILES string of the molecule is Cc1cccc(-n2c(C)nnc2SCc2cc3c(cc2Br)OCCO3)c1. The molecule has 0 N–H and O–H groups in total. The first-order valence-corrected chi connectivity index (χ1v) is 10.1. The molecule has 2 aromatic carbocycles. The van der Waals surface area contributed by atoms with Crippen LogP contribution in [-0.2, 0) is 5.75 Å². The minimum absolute atomic E-state index is 0.585. The summed E-state index contributed by atoms with van der Waals surface area (Å²) in [7, 11) is 0. The first kappa shape index (κ1) is 17.4. The summed E-state index contributed by atoms with van der Waals surface area (Å²) in [5.41, 5.74) is 3.42. The molecule has 0 amide bonds. The van der Waals surface area contributed by atoms with E-state index in [1.165, 1.54) is 5.56 Å². The molecule has 0 aliphatic carbocycles. The lowest BCUT2D eigenvalue weighted by Gasteiger charge is -2.19. The zero-order valence-corrected chi connectivity index (χ0v) is 16.9. The predicted octanol–water partition coefficient (Wildman–Crippen LogP) is 4.71. The first-order valence-electron chi connectivity index (χ1n) is 8.32. The van der Waals surface area contributed by atoms with Crippen molar-refractivity contribution in [3.8, 4) is 17.2 Å². The van der Waals surface area contributed by atoms with Crippen LogP contribution in [0.15, 0.2) is 46.0 Å². The van der Waals surface area contributed by atoms with Gasteiger partial charge in [0.2, 0.25) is 0 Å². The van der Waals surface area contributed by atoms with Gasteiger partial charge in [0.25, 0.3) is 0 Å². The van der Waals surface area contributed by atoms with Gasteiger partial charge in [0.1, 0.15) is 19.0 Å². The topological polar surface area (TPSA) is 49.2 Å². The van der Waals surface area contributed by atoms with Gasteiger partial charge in [-0.2, -0.15) is 0 Å². The van der Waals surface area contributed by atoms with Crippen LogP contribution in [0, 0.1) is 13.8 Å². The smallest absolute Gasteiger partial charge is 0.196 e. The van der Waals surface area contributed by atoms with Crippen LogP contribution in [0.1, 0.15) is 17.0 Å². The molecule has 0 saturated carbocycles. The number of aryl methyl sites for hydroxylation is 2. The van der Waals surface area contributed by atoms with Gasteiger partial charge in [-0.15, -0.1) is 10.2 Å². The average molecular weight is 432 g/mol. The third-order valence-electron chi connectivity index (χ3n) is 4.12. The normalized spacial score (nSPS) is 13.0. The number of rotatable bonds is 4. The van der Waals surface area contributed by atoms with Crippen molar-refractivity contribution in [2.24, 2.45) is 0 Å². The van der Waals surface area contributed by atoms with E-state index >= 15 is 0 Å². The second-order valence-corrected chi connectivity index (χ2v) is 7.88. The number of halogens is 1. The molecule has 1 aliphatic rings. The number of thioether (sulfide) groups is 1. The molecule has 134 valence electrons. The Bertz CT molecular complexity index is 958. The zero-order chi connectivity index (χ0) is 18.1. The van der Waals surface area contributed by atoms with Crippen molar-refractivity contribution in [3.05, 3.63) is 57.8 Å². The van der Waals surface area contributed by atoms with Crippen LogP contribution < -0.4 is 9.47 Å². The van der Waals surface area contributed by atoms with E-state index < -0.39 is 0 Å². The summed E-state index contributed by atoms with van der Waals surface area (Å²) in [6.07, 6.45) is 0. The van der Waals surface area contributed by atoms with E-state index in [2.05, 4.69) is 61.9 Å². The lowest BCUT2D eigenvalue weighted by Crippen LogP contribution is -2.15. The van der Waals surface area contributed by atoms with Crippen molar-refractivity contribution >= 4 is 27.7 Å². The van der Waals surface area contributed by atoms with Crippen molar-refractivity contribution in [1.82, 2.24) is 14.8 Å². The monoisotopic (exact) mass is 431 g/mol. The number of aromatic nitrogens is 3. The molecule has 7 heteroatoms. The molecule has 0 radical (unpaired) electrons. The van der Waals surface area contributed by atoms with Crippen molar-refractivity contribution < 1.29 is 9.47 Å². The highest BCUT2D eigenvalue weighted by Gasteiger charge is 2.17. The average Bonchev–Trinajstić information content (AvgIpc) is 3.00. The summed E-state index contributed by atoms with van der Waals surface area (Å²) < 4.78 is 14.4. The maximum Gasteiger partial charge on any atom is 0.196 e. The number of benzene rings is 2. The van der Waals surface area contributed by atoms with Crippen LogP contribution in [-0.4, -0.2) is 28.0 Å². The highest BCUT2D eigenvalue weighted by Crippen LogP contribution is 2.38. The van der Waals surface area contributed by atoms with Gasteiger partial charge in [-0.1, -0.05) is 39.8 Å². The third kappa shape index (κ3) is 3.46. The van der Waals surface area contributed by atoms with Crippen molar-refractivity contribution in [1.29, 1.82) is 0 Å². The van der Waals surface area contributed by atoms with E-state index in [1.807, 2.05) is 19.1 Å². The molecular weight excluding hydrogens is 414 g/mol. The summed E-state index contributed by atoms with van der Waals surface area (Å²) in [4.78, 5) is 0. The molecule has 0 fully saturated rings. The highest BCUT2D eigenvalue weighted by atomic mass is 79.9. The van der Waals surface area contributed by atoms with Crippen molar-refractivity contribution in [2.45, 2.75) is 24.8 Å². The Morgan fingerprint density at radius 1 is 1.08 bits per heavy atom. The first-order chi connectivity index (χ1) is 12.6. The number of ether oxygens (including phenoxy) is 2. The van der Waals surface area contributed by atoms with Gasteiger partial charge in [-0.05, 0) is 49.2 Å². The summed E-state index contributed by atoms with van der Waals surface area (Å²) in [5.74, 6) is 3.21. The summed E-state index contributed by atoms with van der Waals surface area (Å²) >= 11 is 5.28. The van der Waals surface area contributed by atoms with Crippen molar-refractivity contribution in [3.63, 3.8) is 0 Å². The third-order valence-corrected chi connectivity index (χ3v) is 5.84. The van der Waals surface area contributed by atoms with Crippen molar-refractivity contribution in [2.75, 3.05) is 13.2 Å². The second kappa shape index (κ2) is 7.32. The molecular formula is C19H18BrN3O2S. The van der Waals surface area contributed by atoms with Gasteiger partial charge in [0, 0.05) is 15.9 Å². The fourth-order valence-corrected chi connectivity index (χ4v) is 4.50. The van der Waals surface area contributed by atoms with Gasteiger partial charge in [-0.3, -0.25) is 4.57 Å². The fourth-order valence-electron chi connectivity index (χ4n) is 2.86. The minimum Gasteiger partial charge on any atom is -0.486 e. The number of fused-ring (bicyclic) bond motifs is 1. The molecule has 3 aromatic rings. The van der Waals surface area contributed by atoms with Gasteiger partial charge in [0.05, 0.1) is 0 Å². The predicted molar refractivity (Wildman–Crippen MR) is 106 cm³/mol. The highest BCUT2D eigenvalue weighted by molar-refractivity contribution is 9.10. The van der Waals surface area contributed by atoms with E-state index in [4.69, 9.17) is 9.47 Å². The van der Waals surface area contributed by atoms with Gasteiger partial charge >= 0.3 is 0 Å². The van der Waals surface area contributed by atoms with Crippen LogP contribution in [0.2, 0.25) is 0 Å². The van der Waals surface area contributed by atoms with E-state index in [0.29, 0.717) is 13.2 Å². The molecule has 4 rings (SSSR count). The van der Waals surface area contributed by atoms with E-state index in [9.17, 15) is 0 Å². The Labute approximate surface area is 164 Å². The second-order valence-electron chi connectivity index (χ2n) is 6.08. The van der Waals surface area contributed by atoms with Crippen LogP contribution in [0.4, 0.5) is 0 Å². The molecule has 1 aromatic heterocycles. The van der Waals surface area contributed by atoms with E-state index in [0.717, 1.165) is 44.0 Å². The van der Waals surface area contributed by atoms with Crippen LogP contribution >= 0.6 is 27.7 Å². The molecule has 0 spiro atoms. The molecule has 0 atom stereocenters. The van der Waals surface area contributed by atoms with Gasteiger partial charge < -0.3 is 9.47 Å². The Balaban J connectivity index is 1.60. The van der Waals surface area contributed by atoms with Gasteiger partial charge in [-0.25, -0.2) is 0 Å². The van der Waals surface area contributed by atoms with Crippen LogP contribution in [0.3, 0.4) is 0 Å². The van der Waals surface area contributed by atoms with E-state index in [1.54, 1.807) is 11.8 Å². The molecule has 5 nitrogen and oxygen atoms in total. The standard InChI is InChI=1S/C19H18BrN3O2S/c1-12-4-3-5-15(8-12)23-13(2)21-22-19(23)26-11-14-9-17-18(10-16(14)20)25-7-6-24-17/h3-5,8-10H,6-7,11H2,1-2H3. The summed E-state index contributed by atoms with van der Waals surface area (Å²) in [6, 6.07) is 12.4. The Hall–Kier alpha value is -1.99. The Morgan fingerprint density at radius 2 is 1.85 bits per heavy atom. The number of nitrogens with zero attached hydrogens (tertiary/aromatic N) is 3. The number of hydrogen-bond acceptors (Lipinski definition) is 5. The summed E-state index contributed by atoms with van der Waals surface area (Å²) in [6.45, 7) is 5.23. The molecule has 1 aliphatic heterocycles. The zero-order valence-electron chi connectivity index (χ0n) is 14.5. The largest absolute Gasteiger partial charge is 0.486 e. The molecule has 26 heavy (non-hydrogen) atoms. The fraction of sp³-hybridized carbons (Fsp3) is 0.263. The maximum absolute atomic E-state index is 5.69. The lowest BCUT2D eigenvalue weighted by atomic mass is 10.2. The lowest BCUT2D eigenvalue weighted by molar-refractivity contribution is 0.171. The number of hydrogen-bond donors (Lipinski definition) is 0. The molecule has 0 unspecified atom stereocenters. The molecule has 2 heterocycles. The van der Waals surface area contributed by atoms with Crippen LogP contribution in [0.25, 0.3) is 5.69 Å².